The molecule has 1 N–H and O–H groups in total. The van der Waals surface area contributed by atoms with Crippen LogP contribution in [0.3, 0.4) is 0 Å². The lowest BCUT2D eigenvalue weighted by molar-refractivity contribution is 0.473. The molecule has 0 amide bonds. The third kappa shape index (κ3) is 4.31. The van der Waals surface area contributed by atoms with Gasteiger partial charge in [-0.25, -0.2) is 0 Å². The quantitative estimate of drug-likeness (QED) is 0.781. The fourth-order valence-corrected chi connectivity index (χ4v) is 2.99. The predicted molar refractivity (Wildman–Crippen MR) is 77.1 cm³/mol. The largest absolute Gasteiger partial charge is 0.472 e. The van der Waals surface area contributed by atoms with Crippen molar-refractivity contribution < 1.29 is 4.42 Å². The van der Waals surface area contributed by atoms with Crippen LogP contribution in [0.2, 0.25) is 0 Å². The first-order valence-corrected chi connectivity index (χ1v) is 7.53. The van der Waals surface area contributed by atoms with E-state index >= 15 is 0 Å². The Hall–Kier alpha value is -1.06. The van der Waals surface area contributed by atoms with E-state index in [1.807, 2.05) is 17.6 Å². The summed E-state index contributed by atoms with van der Waals surface area (Å²) < 4.78 is 5.13. The molecule has 2 rings (SSSR count). The Labute approximate surface area is 113 Å². The highest BCUT2D eigenvalue weighted by Crippen LogP contribution is 2.14. The van der Waals surface area contributed by atoms with Gasteiger partial charge in [-0.05, 0) is 55.3 Å². The maximum absolute atomic E-state index is 5.13. The molecule has 2 aromatic rings. The van der Waals surface area contributed by atoms with Gasteiger partial charge in [0.2, 0.25) is 0 Å². The van der Waals surface area contributed by atoms with Gasteiger partial charge < -0.3 is 9.73 Å². The van der Waals surface area contributed by atoms with Crippen molar-refractivity contribution >= 4 is 11.3 Å². The highest BCUT2D eigenvalue weighted by atomic mass is 32.1. The number of hydrogen-bond donors (Lipinski definition) is 1. The van der Waals surface area contributed by atoms with Gasteiger partial charge in [0.05, 0.1) is 12.5 Å². The Kier molecular flexibility index (Phi) is 5.49. The van der Waals surface area contributed by atoms with E-state index in [1.54, 1.807) is 6.26 Å². The maximum atomic E-state index is 5.13. The van der Waals surface area contributed by atoms with E-state index in [1.165, 1.54) is 29.7 Å². The van der Waals surface area contributed by atoms with Gasteiger partial charge in [-0.2, -0.15) is 0 Å². The Morgan fingerprint density at radius 1 is 1.39 bits per heavy atom. The molecule has 1 atom stereocenters. The van der Waals surface area contributed by atoms with Crippen molar-refractivity contribution in [3.8, 4) is 0 Å². The first-order chi connectivity index (χ1) is 8.88. The van der Waals surface area contributed by atoms with Crippen LogP contribution < -0.4 is 5.32 Å². The molecule has 1 unspecified atom stereocenters. The molecule has 0 spiro atoms. The fraction of sp³-hybridized carbons (Fsp3) is 0.467. The Morgan fingerprint density at radius 3 is 3.00 bits per heavy atom. The van der Waals surface area contributed by atoms with Crippen LogP contribution >= 0.6 is 11.3 Å². The normalized spacial score (nSPS) is 12.7. The van der Waals surface area contributed by atoms with Crippen LogP contribution in [-0.4, -0.2) is 12.6 Å². The molecule has 0 bridgehead atoms. The summed E-state index contributed by atoms with van der Waals surface area (Å²) in [5.41, 5.74) is 1.29. The highest BCUT2D eigenvalue weighted by Gasteiger charge is 2.09. The van der Waals surface area contributed by atoms with E-state index in [9.17, 15) is 0 Å². The number of furan rings is 1. The molecule has 0 aliphatic rings. The summed E-state index contributed by atoms with van der Waals surface area (Å²) in [6, 6.07) is 6.98. The van der Waals surface area contributed by atoms with Crippen LogP contribution in [0.4, 0.5) is 0 Å². The third-order valence-electron chi connectivity index (χ3n) is 3.11. The molecule has 2 heterocycles. The number of aryl methyl sites for hydroxylation is 1. The Bertz CT molecular complexity index is 408. The van der Waals surface area contributed by atoms with Gasteiger partial charge in [0.1, 0.15) is 0 Å². The minimum atomic E-state index is 0.563. The van der Waals surface area contributed by atoms with Gasteiger partial charge >= 0.3 is 0 Å². The molecule has 0 fully saturated rings. The van der Waals surface area contributed by atoms with E-state index in [2.05, 4.69) is 35.8 Å². The summed E-state index contributed by atoms with van der Waals surface area (Å²) in [5.74, 6) is 0. The van der Waals surface area contributed by atoms with E-state index in [-0.39, 0.29) is 0 Å². The first kappa shape index (κ1) is 13.4. The zero-order chi connectivity index (χ0) is 12.6. The van der Waals surface area contributed by atoms with Crippen molar-refractivity contribution in [1.29, 1.82) is 0 Å². The van der Waals surface area contributed by atoms with Gasteiger partial charge in [0, 0.05) is 10.9 Å². The molecule has 0 aliphatic heterocycles. The van der Waals surface area contributed by atoms with Crippen molar-refractivity contribution in [2.24, 2.45) is 0 Å². The van der Waals surface area contributed by atoms with E-state index < -0.39 is 0 Å². The number of nitrogens with one attached hydrogen (secondary N) is 1. The average Bonchev–Trinajstić information content (AvgIpc) is 3.02. The SMILES string of the molecule is CCNC(CCCc1cccs1)Cc1ccoc1. The highest BCUT2D eigenvalue weighted by molar-refractivity contribution is 7.09. The van der Waals surface area contributed by atoms with Crippen LogP contribution in [0.5, 0.6) is 0 Å². The van der Waals surface area contributed by atoms with Crippen molar-refractivity contribution in [2.45, 2.75) is 38.6 Å². The van der Waals surface area contributed by atoms with E-state index in [0.29, 0.717) is 6.04 Å². The van der Waals surface area contributed by atoms with Gasteiger partial charge in [-0.15, -0.1) is 11.3 Å². The number of thiophene rings is 1. The second kappa shape index (κ2) is 7.39. The Balaban J connectivity index is 1.75. The molecule has 3 heteroatoms. The Morgan fingerprint density at radius 2 is 2.33 bits per heavy atom. The molecule has 18 heavy (non-hydrogen) atoms. The van der Waals surface area contributed by atoms with Crippen LogP contribution in [0.15, 0.2) is 40.5 Å². The molecular formula is C15H21NOS. The summed E-state index contributed by atoms with van der Waals surface area (Å²) in [4.78, 5) is 1.49. The fourth-order valence-electron chi connectivity index (χ4n) is 2.24. The van der Waals surface area contributed by atoms with Crippen molar-refractivity contribution in [3.05, 3.63) is 46.5 Å². The van der Waals surface area contributed by atoms with E-state index in [4.69, 9.17) is 4.42 Å². The molecule has 2 aromatic heterocycles. The second-order valence-electron chi connectivity index (χ2n) is 4.56. The van der Waals surface area contributed by atoms with Gasteiger partial charge in [-0.3, -0.25) is 0 Å². The van der Waals surface area contributed by atoms with Crippen LogP contribution in [-0.2, 0) is 12.8 Å². The first-order valence-electron chi connectivity index (χ1n) is 6.65. The van der Waals surface area contributed by atoms with Gasteiger partial charge in [0.25, 0.3) is 0 Å². The number of rotatable bonds is 8. The topological polar surface area (TPSA) is 25.2 Å². The summed E-state index contributed by atoms with van der Waals surface area (Å²) in [6.07, 6.45) is 8.33. The molecule has 0 radical (unpaired) electrons. The molecule has 98 valence electrons. The minimum Gasteiger partial charge on any atom is -0.472 e. The second-order valence-corrected chi connectivity index (χ2v) is 5.59. The van der Waals surface area contributed by atoms with Crippen LogP contribution in [0.25, 0.3) is 0 Å². The minimum absolute atomic E-state index is 0.563. The summed E-state index contributed by atoms with van der Waals surface area (Å²) in [6.45, 7) is 3.20. The van der Waals surface area contributed by atoms with Crippen molar-refractivity contribution in [2.75, 3.05) is 6.54 Å². The lowest BCUT2D eigenvalue weighted by Crippen LogP contribution is -2.30. The standard InChI is InChI=1S/C15H21NOS/c1-2-16-14(11-13-8-9-17-12-13)5-3-6-15-7-4-10-18-15/h4,7-10,12,14,16H,2-3,5-6,11H2,1H3. The molecule has 0 aromatic carbocycles. The molecule has 0 saturated carbocycles. The monoisotopic (exact) mass is 263 g/mol. The molecule has 0 saturated heterocycles. The number of likely N-dealkylation sites (N-methyl/N-ethyl adjacent to an activating group) is 1. The third-order valence-corrected chi connectivity index (χ3v) is 4.05. The van der Waals surface area contributed by atoms with Crippen molar-refractivity contribution in [3.63, 3.8) is 0 Å². The van der Waals surface area contributed by atoms with Crippen LogP contribution in [0.1, 0.15) is 30.2 Å². The van der Waals surface area contributed by atoms with Gasteiger partial charge in [0.15, 0.2) is 0 Å². The van der Waals surface area contributed by atoms with Crippen LogP contribution in [0, 0.1) is 0 Å². The zero-order valence-electron chi connectivity index (χ0n) is 10.9. The summed E-state index contributed by atoms with van der Waals surface area (Å²) in [5, 5.41) is 5.72. The summed E-state index contributed by atoms with van der Waals surface area (Å²) >= 11 is 1.86. The molecular weight excluding hydrogens is 242 g/mol. The predicted octanol–water partition coefficient (Wildman–Crippen LogP) is 3.88. The smallest absolute Gasteiger partial charge is 0.0935 e. The lowest BCUT2D eigenvalue weighted by atomic mass is 10.0. The molecule has 0 aliphatic carbocycles. The maximum Gasteiger partial charge on any atom is 0.0935 e. The van der Waals surface area contributed by atoms with E-state index in [0.717, 1.165) is 13.0 Å². The van der Waals surface area contributed by atoms with Crippen molar-refractivity contribution in [1.82, 2.24) is 5.32 Å². The average molecular weight is 263 g/mol. The summed E-state index contributed by atoms with van der Waals surface area (Å²) in [7, 11) is 0. The molecule has 2 nitrogen and oxygen atoms in total. The lowest BCUT2D eigenvalue weighted by Gasteiger charge is -2.16. The number of hydrogen-bond acceptors (Lipinski definition) is 3. The van der Waals surface area contributed by atoms with Gasteiger partial charge in [-0.1, -0.05) is 13.0 Å². The zero-order valence-corrected chi connectivity index (χ0v) is 11.7.